The van der Waals surface area contributed by atoms with Crippen molar-refractivity contribution in [1.82, 2.24) is 24.6 Å². The number of carbonyl (C=O) groups excluding carboxylic acids is 2. The number of hydrogen-bond donors (Lipinski definition) is 0. The number of amides is 2. The number of carbonyl (C=O) groups is 2. The molecule has 0 unspecified atom stereocenters. The summed E-state index contributed by atoms with van der Waals surface area (Å²) >= 11 is 0. The van der Waals surface area contributed by atoms with Crippen LogP contribution >= 0.6 is 0 Å². The molecule has 48 heavy (non-hydrogen) atoms. The Morgan fingerprint density at radius 2 is 0.917 bits per heavy atom. The van der Waals surface area contributed by atoms with Crippen LogP contribution < -0.4 is 0 Å². The molecule has 0 saturated carbocycles. The maximum absolute atomic E-state index is 12.9. The summed E-state index contributed by atoms with van der Waals surface area (Å²) in [6, 6.07) is 35.3. The average molecular weight is 636 g/mol. The van der Waals surface area contributed by atoms with Gasteiger partial charge in [-0.2, -0.15) is 0 Å². The molecule has 2 aliphatic heterocycles. The summed E-state index contributed by atoms with van der Waals surface area (Å²) in [4.78, 5) is 39.4. The van der Waals surface area contributed by atoms with Gasteiger partial charge in [0.2, 0.25) is 11.8 Å². The van der Waals surface area contributed by atoms with Gasteiger partial charge in [-0.3, -0.25) is 24.4 Å². The minimum absolute atomic E-state index is 0.0608. The summed E-state index contributed by atoms with van der Waals surface area (Å²) in [5, 5.41) is 4.75. The van der Waals surface area contributed by atoms with Gasteiger partial charge in [0.1, 0.15) is 0 Å². The molecule has 2 saturated heterocycles. The summed E-state index contributed by atoms with van der Waals surface area (Å²) in [7, 11) is 0. The second kappa shape index (κ2) is 14.8. The fourth-order valence-electron chi connectivity index (χ4n) is 6.59. The summed E-state index contributed by atoms with van der Waals surface area (Å²) < 4.78 is 0. The lowest BCUT2D eigenvalue weighted by atomic mass is 10.1. The molecule has 0 N–H and O–H groups in total. The van der Waals surface area contributed by atoms with Gasteiger partial charge in [0.05, 0.1) is 11.4 Å². The second-order valence-electron chi connectivity index (χ2n) is 12.7. The first-order valence-electron chi connectivity index (χ1n) is 16.9. The Morgan fingerprint density at radius 3 is 1.35 bits per heavy atom. The van der Waals surface area contributed by atoms with Gasteiger partial charge in [0, 0.05) is 77.6 Å². The van der Waals surface area contributed by atoms with Crippen LogP contribution in [0.15, 0.2) is 115 Å². The number of benzene rings is 4. The van der Waals surface area contributed by atoms with Gasteiger partial charge in [-0.25, -0.2) is 0 Å². The zero-order valence-electron chi connectivity index (χ0n) is 27.2. The fourth-order valence-corrected chi connectivity index (χ4v) is 6.59. The Balaban J connectivity index is 0.849. The van der Waals surface area contributed by atoms with Gasteiger partial charge in [-0.1, -0.05) is 78.9 Å². The molecule has 7 heteroatoms. The van der Waals surface area contributed by atoms with Gasteiger partial charge in [0.15, 0.2) is 0 Å². The maximum Gasteiger partial charge on any atom is 0.246 e. The molecule has 1 aromatic heterocycles. The smallest absolute Gasteiger partial charge is 0.246 e. The highest BCUT2D eigenvalue weighted by molar-refractivity contribution is 5.94. The number of aromatic nitrogens is 1. The highest BCUT2D eigenvalue weighted by Gasteiger charge is 2.22. The molecule has 4 aromatic carbocycles. The van der Waals surface area contributed by atoms with Gasteiger partial charge in [0.25, 0.3) is 0 Å². The van der Waals surface area contributed by atoms with Crippen LogP contribution in [0.4, 0.5) is 0 Å². The third-order valence-electron chi connectivity index (χ3n) is 9.39. The standard InChI is InChI=1S/C41H41N5O2/c47-40(18-14-32-12-16-34-6-1-3-8-36(34)28-32)45-24-20-43(21-25-45)30-38-10-5-11-39(42-38)31-44-22-26-46(27-23-44)41(48)19-15-33-13-17-35-7-2-4-9-37(35)29-33/h1-19,28-29H,20-27,30-31H2/b18-14+,19-15+. The van der Waals surface area contributed by atoms with Crippen LogP contribution in [-0.2, 0) is 22.7 Å². The Hall–Kier alpha value is -5.11. The van der Waals surface area contributed by atoms with E-state index in [0.717, 1.165) is 61.8 Å². The van der Waals surface area contributed by atoms with Crippen molar-refractivity contribution in [3.8, 4) is 0 Å². The monoisotopic (exact) mass is 635 g/mol. The Bertz CT molecular complexity index is 1830. The lowest BCUT2D eigenvalue weighted by Gasteiger charge is -2.34. The molecule has 0 bridgehead atoms. The quantitative estimate of drug-likeness (QED) is 0.193. The molecule has 242 valence electrons. The lowest BCUT2D eigenvalue weighted by molar-refractivity contribution is -0.128. The van der Waals surface area contributed by atoms with Gasteiger partial charge in [-0.15, -0.1) is 0 Å². The lowest BCUT2D eigenvalue weighted by Crippen LogP contribution is -2.48. The molecule has 7 nitrogen and oxygen atoms in total. The van der Waals surface area contributed by atoms with E-state index in [9.17, 15) is 9.59 Å². The first kappa shape index (κ1) is 31.5. The Kier molecular flexibility index (Phi) is 9.68. The van der Waals surface area contributed by atoms with Crippen molar-refractivity contribution in [3.05, 3.63) is 138 Å². The molecular formula is C41H41N5O2. The number of rotatable bonds is 8. The van der Waals surface area contributed by atoms with Gasteiger partial charge >= 0.3 is 0 Å². The molecule has 0 atom stereocenters. The number of pyridine rings is 1. The van der Waals surface area contributed by atoms with E-state index in [2.05, 4.69) is 88.7 Å². The summed E-state index contributed by atoms with van der Waals surface area (Å²) in [5.41, 5.74) is 4.17. The van der Waals surface area contributed by atoms with Crippen molar-refractivity contribution in [1.29, 1.82) is 0 Å². The third-order valence-corrected chi connectivity index (χ3v) is 9.39. The minimum atomic E-state index is 0.0608. The van der Waals surface area contributed by atoms with E-state index in [1.54, 1.807) is 12.2 Å². The molecule has 7 rings (SSSR count). The SMILES string of the molecule is O=C(/C=C/c1ccc2ccccc2c1)N1CCN(Cc2cccc(CN3CCN(C(=O)/C=C/c4ccc5ccccc5c4)CC3)n2)CC1. The van der Waals surface area contributed by atoms with Crippen molar-refractivity contribution in [3.63, 3.8) is 0 Å². The van der Waals surface area contributed by atoms with Crippen LogP contribution in [-0.4, -0.2) is 88.8 Å². The molecule has 0 aliphatic carbocycles. The van der Waals surface area contributed by atoms with E-state index in [4.69, 9.17) is 4.98 Å². The summed E-state index contributed by atoms with van der Waals surface area (Å²) in [6.45, 7) is 7.69. The molecule has 2 amide bonds. The van der Waals surface area contributed by atoms with Crippen molar-refractivity contribution in [2.45, 2.75) is 13.1 Å². The third kappa shape index (κ3) is 7.88. The van der Waals surface area contributed by atoms with Crippen LogP contribution in [0.3, 0.4) is 0 Å². The first-order valence-corrected chi connectivity index (χ1v) is 16.9. The van der Waals surface area contributed by atoms with Crippen LogP contribution in [0.5, 0.6) is 0 Å². The fraction of sp³-hybridized carbons (Fsp3) is 0.244. The van der Waals surface area contributed by atoms with E-state index in [1.165, 1.54) is 21.5 Å². The number of piperazine rings is 2. The molecule has 2 aliphatic rings. The molecule has 3 heterocycles. The minimum Gasteiger partial charge on any atom is -0.337 e. The van der Waals surface area contributed by atoms with Crippen LogP contribution in [0.2, 0.25) is 0 Å². The number of hydrogen-bond acceptors (Lipinski definition) is 5. The largest absolute Gasteiger partial charge is 0.337 e. The molecule has 0 spiro atoms. The Morgan fingerprint density at radius 1 is 0.500 bits per heavy atom. The van der Waals surface area contributed by atoms with Crippen LogP contribution in [0.1, 0.15) is 22.5 Å². The van der Waals surface area contributed by atoms with E-state index in [-0.39, 0.29) is 11.8 Å². The number of nitrogens with zero attached hydrogens (tertiary/aromatic N) is 5. The average Bonchev–Trinajstić information content (AvgIpc) is 3.13. The Labute approximate surface area is 282 Å². The van der Waals surface area contributed by atoms with E-state index >= 15 is 0 Å². The van der Waals surface area contributed by atoms with Crippen LogP contribution in [0, 0.1) is 0 Å². The van der Waals surface area contributed by atoms with E-state index in [1.807, 2.05) is 46.2 Å². The van der Waals surface area contributed by atoms with Gasteiger partial charge < -0.3 is 9.80 Å². The predicted octanol–water partition coefficient (Wildman–Crippen LogP) is 6.10. The maximum atomic E-state index is 12.9. The van der Waals surface area contributed by atoms with Crippen LogP contribution in [0.25, 0.3) is 33.7 Å². The molecule has 2 fully saturated rings. The van der Waals surface area contributed by atoms with Crippen molar-refractivity contribution < 1.29 is 9.59 Å². The van der Waals surface area contributed by atoms with E-state index < -0.39 is 0 Å². The predicted molar refractivity (Wildman–Crippen MR) is 194 cm³/mol. The highest BCUT2D eigenvalue weighted by Crippen LogP contribution is 2.18. The van der Waals surface area contributed by atoms with Crippen molar-refractivity contribution >= 4 is 45.5 Å². The highest BCUT2D eigenvalue weighted by atomic mass is 16.2. The van der Waals surface area contributed by atoms with Crippen molar-refractivity contribution in [2.24, 2.45) is 0 Å². The zero-order valence-corrected chi connectivity index (χ0v) is 27.2. The van der Waals surface area contributed by atoms with E-state index in [0.29, 0.717) is 26.2 Å². The molecule has 0 radical (unpaired) electrons. The summed E-state index contributed by atoms with van der Waals surface area (Å²) in [5.74, 6) is 0.122. The molecular weight excluding hydrogens is 594 g/mol. The zero-order chi connectivity index (χ0) is 32.7. The topological polar surface area (TPSA) is 60.0 Å². The summed E-state index contributed by atoms with van der Waals surface area (Å²) in [6.07, 6.45) is 7.23. The van der Waals surface area contributed by atoms with Gasteiger partial charge in [-0.05, 0) is 69.1 Å². The normalized spacial score (nSPS) is 16.4. The molecule has 5 aromatic rings. The first-order chi connectivity index (χ1) is 23.6. The number of fused-ring (bicyclic) bond motifs is 2. The van der Waals surface area contributed by atoms with Crippen molar-refractivity contribution in [2.75, 3.05) is 52.4 Å². The second-order valence-corrected chi connectivity index (χ2v) is 12.7.